The highest BCUT2D eigenvalue weighted by Crippen LogP contribution is 2.35. The molecular formula is C17H16ClF3N2O3S. The third-order valence-electron chi connectivity index (χ3n) is 3.66. The van der Waals surface area contributed by atoms with Crippen molar-refractivity contribution in [2.45, 2.75) is 11.1 Å². The number of carbonyl (C=O) groups is 1. The zero-order chi connectivity index (χ0) is 20.6. The Morgan fingerprint density at radius 1 is 1.11 bits per heavy atom. The van der Waals surface area contributed by atoms with E-state index >= 15 is 0 Å². The van der Waals surface area contributed by atoms with Gasteiger partial charge in [-0.05, 0) is 36.4 Å². The van der Waals surface area contributed by atoms with Gasteiger partial charge in [0.15, 0.2) is 9.84 Å². The Morgan fingerprint density at radius 3 is 2.26 bits per heavy atom. The number of sulfone groups is 1. The normalized spacial score (nSPS) is 12.0. The minimum Gasteiger partial charge on any atom is -0.376 e. The van der Waals surface area contributed by atoms with Crippen molar-refractivity contribution in [2.75, 3.05) is 30.6 Å². The molecule has 0 saturated carbocycles. The van der Waals surface area contributed by atoms with Gasteiger partial charge in [0, 0.05) is 20.4 Å². The molecule has 2 aromatic carbocycles. The molecule has 0 saturated heterocycles. The van der Waals surface area contributed by atoms with E-state index in [9.17, 15) is 26.4 Å². The second kappa shape index (κ2) is 7.40. The molecule has 0 aromatic heterocycles. The number of amides is 1. The van der Waals surface area contributed by atoms with E-state index in [1.807, 2.05) is 0 Å². The number of alkyl halides is 3. The number of nitrogens with one attached hydrogen (secondary N) is 1. The number of nitrogens with zero attached hydrogens (tertiary/aromatic N) is 1. The number of anilines is 2. The summed E-state index contributed by atoms with van der Waals surface area (Å²) in [6, 6.07) is 6.50. The van der Waals surface area contributed by atoms with Gasteiger partial charge in [-0.1, -0.05) is 11.6 Å². The summed E-state index contributed by atoms with van der Waals surface area (Å²) in [6.45, 7) is 0. The molecule has 0 heterocycles. The molecule has 0 atom stereocenters. The zero-order valence-electron chi connectivity index (χ0n) is 14.6. The second-order valence-corrected chi connectivity index (χ2v) is 8.41. The lowest BCUT2D eigenvalue weighted by Crippen LogP contribution is -2.18. The average Bonchev–Trinajstić information content (AvgIpc) is 2.52. The minimum absolute atomic E-state index is 0.0294. The van der Waals surface area contributed by atoms with Gasteiger partial charge in [0.05, 0.1) is 32.4 Å². The molecule has 0 unspecified atom stereocenters. The SMILES string of the molecule is CN(C)c1ccc(C(F)(F)F)cc1NC(=O)c1cc(S(C)(=O)=O)ccc1Cl. The number of benzene rings is 2. The number of carbonyl (C=O) groups excluding carboxylic acids is 1. The number of hydrogen-bond acceptors (Lipinski definition) is 4. The topological polar surface area (TPSA) is 66.5 Å². The van der Waals surface area contributed by atoms with Crippen LogP contribution in [0.2, 0.25) is 5.02 Å². The maximum atomic E-state index is 13.0. The molecule has 5 nitrogen and oxygen atoms in total. The summed E-state index contributed by atoms with van der Waals surface area (Å²) in [7, 11) is -0.378. The van der Waals surface area contributed by atoms with E-state index in [2.05, 4.69) is 5.32 Å². The minimum atomic E-state index is -4.59. The predicted octanol–water partition coefficient (Wildman–Crippen LogP) is 4.08. The van der Waals surface area contributed by atoms with Crippen LogP contribution in [0.1, 0.15) is 15.9 Å². The summed E-state index contributed by atoms with van der Waals surface area (Å²) in [6.07, 6.45) is -3.62. The van der Waals surface area contributed by atoms with Crippen LogP contribution in [0.3, 0.4) is 0 Å². The average molecular weight is 421 g/mol. The van der Waals surface area contributed by atoms with Crippen LogP contribution >= 0.6 is 11.6 Å². The predicted molar refractivity (Wildman–Crippen MR) is 98.3 cm³/mol. The Morgan fingerprint density at radius 2 is 1.74 bits per heavy atom. The highest BCUT2D eigenvalue weighted by atomic mass is 35.5. The lowest BCUT2D eigenvalue weighted by atomic mass is 10.1. The fourth-order valence-corrected chi connectivity index (χ4v) is 3.15. The van der Waals surface area contributed by atoms with E-state index in [1.54, 1.807) is 14.1 Å². The molecule has 1 amide bonds. The first-order chi connectivity index (χ1) is 12.3. The smallest absolute Gasteiger partial charge is 0.376 e. The fraction of sp³-hybridized carbons (Fsp3) is 0.235. The number of hydrogen-bond donors (Lipinski definition) is 1. The molecule has 2 aromatic rings. The third-order valence-corrected chi connectivity index (χ3v) is 5.10. The lowest BCUT2D eigenvalue weighted by Gasteiger charge is -2.20. The molecule has 146 valence electrons. The van der Waals surface area contributed by atoms with Gasteiger partial charge in [-0.2, -0.15) is 13.2 Å². The van der Waals surface area contributed by atoms with Crippen LogP contribution in [0, 0.1) is 0 Å². The maximum absolute atomic E-state index is 13.0. The van der Waals surface area contributed by atoms with E-state index < -0.39 is 27.5 Å². The van der Waals surface area contributed by atoms with E-state index in [0.717, 1.165) is 24.5 Å². The van der Waals surface area contributed by atoms with Gasteiger partial charge < -0.3 is 10.2 Å². The van der Waals surface area contributed by atoms with E-state index in [-0.39, 0.29) is 21.2 Å². The molecule has 0 fully saturated rings. The summed E-state index contributed by atoms with van der Waals surface area (Å²) in [4.78, 5) is 14.0. The van der Waals surface area contributed by atoms with Crippen molar-refractivity contribution in [3.63, 3.8) is 0 Å². The standard InChI is InChI=1S/C17H16ClF3N2O3S/c1-23(2)15-7-4-10(17(19,20)21)8-14(15)22-16(24)12-9-11(27(3,25)26)5-6-13(12)18/h4-9H,1-3H3,(H,22,24). The number of halogens is 4. The largest absolute Gasteiger partial charge is 0.416 e. The summed E-state index contributed by atoms with van der Waals surface area (Å²) in [5.41, 5.74) is -0.839. The lowest BCUT2D eigenvalue weighted by molar-refractivity contribution is -0.137. The summed E-state index contributed by atoms with van der Waals surface area (Å²) in [5, 5.41) is 2.35. The molecule has 1 N–H and O–H groups in total. The molecule has 2 rings (SSSR count). The Balaban J connectivity index is 2.49. The van der Waals surface area contributed by atoms with Crippen LogP contribution < -0.4 is 10.2 Å². The Hall–Kier alpha value is -2.26. The van der Waals surface area contributed by atoms with Crippen LogP contribution in [0.4, 0.5) is 24.5 Å². The van der Waals surface area contributed by atoms with Crippen molar-refractivity contribution in [3.8, 4) is 0 Å². The first kappa shape index (κ1) is 21.0. The summed E-state index contributed by atoms with van der Waals surface area (Å²) in [5.74, 6) is -0.826. The highest BCUT2D eigenvalue weighted by molar-refractivity contribution is 7.90. The van der Waals surface area contributed by atoms with Crippen molar-refractivity contribution in [3.05, 3.63) is 52.5 Å². The third kappa shape index (κ3) is 4.92. The van der Waals surface area contributed by atoms with Gasteiger partial charge in [-0.15, -0.1) is 0 Å². The van der Waals surface area contributed by atoms with Crippen LogP contribution in [-0.4, -0.2) is 34.7 Å². The van der Waals surface area contributed by atoms with E-state index in [1.165, 1.54) is 23.1 Å². The second-order valence-electron chi connectivity index (χ2n) is 5.99. The van der Waals surface area contributed by atoms with Gasteiger partial charge in [-0.25, -0.2) is 8.42 Å². The number of rotatable bonds is 4. The Bertz CT molecular complexity index is 989. The van der Waals surface area contributed by atoms with E-state index in [0.29, 0.717) is 5.69 Å². The van der Waals surface area contributed by atoms with Crippen LogP contribution in [0.5, 0.6) is 0 Å². The first-order valence-corrected chi connectivity index (χ1v) is 9.77. The highest BCUT2D eigenvalue weighted by Gasteiger charge is 2.31. The summed E-state index contributed by atoms with van der Waals surface area (Å²) >= 11 is 5.97. The molecule has 10 heteroatoms. The quantitative estimate of drug-likeness (QED) is 0.809. The monoisotopic (exact) mass is 420 g/mol. The molecular weight excluding hydrogens is 405 g/mol. The molecule has 0 aliphatic rings. The van der Waals surface area contributed by atoms with Crippen molar-refractivity contribution >= 4 is 38.7 Å². The molecule has 0 spiro atoms. The summed E-state index contributed by atoms with van der Waals surface area (Å²) < 4.78 is 62.3. The first-order valence-electron chi connectivity index (χ1n) is 7.50. The van der Waals surface area contributed by atoms with Crippen LogP contribution in [0.25, 0.3) is 0 Å². The zero-order valence-corrected chi connectivity index (χ0v) is 16.1. The van der Waals surface area contributed by atoms with Crippen molar-refractivity contribution in [1.29, 1.82) is 0 Å². The molecule has 27 heavy (non-hydrogen) atoms. The van der Waals surface area contributed by atoms with Crippen LogP contribution in [0.15, 0.2) is 41.3 Å². The van der Waals surface area contributed by atoms with E-state index in [4.69, 9.17) is 11.6 Å². The van der Waals surface area contributed by atoms with Gasteiger partial charge in [0.25, 0.3) is 5.91 Å². The molecule has 0 aliphatic heterocycles. The van der Waals surface area contributed by atoms with Crippen molar-refractivity contribution < 1.29 is 26.4 Å². The van der Waals surface area contributed by atoms with Gasteiger partial charge >= 0.3 is 6.18 Å². The Labute approximate surface area is 159 Å². The maximum Gasteiger partial charge on any atom is 0.416 e. The van der Waals surface area contributed by atoms with Gasteiger partial charge in [0.1, 0.15) is 0 Å². The van der Waals surface area contributed by atoms with Crippen molar-refractivity contribution in [2.24, 2.45) is 0 Å². The van der Waals surface area contributed by atoms with Crippen molar-refractivity contribution in [1.82, 2.24) is 0 Å². The molecule has 0 aliphatic carbocycles. The molecule has 0 radical (unpaired) electrons. The fourth-order valence-electron chi connectivity index (χ4n) is 2.30. The van der Waals surface area contributed by atoms with Gasteiger partial charge in [-0.3, -0.25) is 4.79 Å². The molecule has 0 bridgehead atoms. The van der Waals surface area contributed by atoms with Gasteiger partial charge in [0.2, 0.25) is 0 Å². The Kier molecular flexibility index (Phi) is 5.77. The van der Waals surface area contributed by atoms with Crippen LogP contribution in [-0.2, 0) is 16.0 Å².